The van der Waals surface area contributed by atoms with E-state index in [-0.39, 0.29) is 18.3 Å². The molecule has 1 aliphatic heterocycles. The van der Waals surface area contributed by atoms with Crippen molar-refractivity contribution in [2.24, 2.45) is 11.0 Å². The summed E-state index contributed by atoms with van der Waals surface area (Å²) in [7, 11) is 3.78. The third-order valence-corrected chi connectivity index (χ3v) is 3.93. The second kappa shape index (κ2) is 5.84. The van der Waals surface area contributed by atoms with Crippen LogP contribution in [0, 0.1) is 5.92 Å². The van der Waals surface area contributed by atoms with Gasteiger partial charge in [-0.05, 0) is 46.4 Å². The quantitative estimate of drug-likeness (QED) is 0.436. The molecule has 1 heterocycles. The molecule has 0 unspecified atom stereocenters. The first-order valence-corrected chi connectivity index (χ1v) is 7.15. The van der Waals surface area contributed by atoms with E-state index >= 15 is 0 Å². The van der Waals surface area contributed by atoms with Crippen molar-refractivity contribution in [3.05, 3.63) is 0 Å². The maximum atomic E-state index is 6.01. The van der Waals surface area contributed by atoms with Crippen molar-refractivity contribution in [2.45, 2.75) is 65.5 Å². The Morgan fingerprint density at radius 3 is 1.95 bits per heavy atom. The van der Waals surface area contributed by atoms with Crippen molar-refractivity contribution < 1.29 is 9.31 Å². The normalized spacial score (nSPS) is 22.2. The molecule has 0 aromatic carbocycles. The largest absolute Gasteiger partial charge is 0.458 e. The van der Waals surface area contributed by atoms with Gasteiger partial charge in [-0.15, -0.1) is 0 Å². The molecule has 1 rings (SSSR count). The SMILES string of the molecule is CC(C)/C(CCB1OC(C)(C)C(C)(C)O1)=N\N(C)C. The van der Waals surface area contributed by atoms with Crippen molar-refractivity contribution in [2.75, 3.05) is 14.1 Å². The van der Waals surface area contributed by atoms with Crippen LogP contribution >= 0.6 is 0 Å². The van der Waals surface area contributed by atoms with E-state index in [0.717, 1.165) is 12.7 Å². The molecular weight excluding hydrogens is 239 g/mol. The standard InChI is InChI=1S/C14H29BN2O2/c1-11(2)12(16-17(7)8)9-10-15-18-13(3,4)14(5,6)19-15/h11H,9-10H2,1-8H3/b16-12-. The predicted octanol–water partition coefficient (Wildman–Crippen LogP) is 3.04. The molecule has 0 radical (unpaired) electrons. The lowest BCUT2D eigenvalue weighted by Gasteiger charge is -2.32. The molecule has 0 spiro atoms. The summed E-state index contributed by atoms with van der Waals surface area (Å²) in [5, 5.41) is 6.41. The Hall–Kier alpha value is -0.545. The van der Waals surface area contributed by atoms with Crippen LogP contribution in [0.2, 0.25) is 6.32 Å². The number of nitrogens with zero attached hydrogens (tertiary/aromatic N) is 2. The second-order valence-corrected chi connectivity index (χ2v) is 6.82. The van der Waals surface area contributed by atoms with Gasteiger partial charge in [-0.25, -0.2) is 0 Å². The fraction of sp³-hybridized carbons (Fsp3) is 0.929. The fourth-order valence-corrected chi connectivity index (χ4v) is 2.06. The van der Waals surface area contributed by atoms with E-state index < -0.39 is 0 Å². The summed E-state index contributed by atoms with van der Waals surface area (Å²) in [5.41, 5.74) is 0.711. The van der Waals surface area contributed by atoms with Crippen molar-refractivity contribution in [1.29, 1.82) is 0 Å². The van der Waals surface area contributed by atoms with Crippen LogP contribution in [0.3, 0.4) is 0 Å². The minimum Gasteiger partial charge on any atom is -0.403 e. The van der Waals surface area contributed by atoms with E-state index in [4.69, 9.17) is 9.31 Å². The average molecular weight is 268 g/mol. The maximum Gasteiger partial charge on any atom is 0.458 e. The van der Waals surface area contributed by atoms with Gasteiger partial charge in [0.15, 0.2) is 0 Å². The smallest absolute Gasteiger partial charge is 0.403 e. The molecule has 5 heteroatoms. The molecule has 1 saturated heterocycles. The van der Waals surface area contributed by atoms with Gasteiger partial charge in [-0.1, -0.05) is 13.8 Å². The van der Waals surface area contributed by atoms with Crippen LogP contribution in [0.25, 0.3) is 0 Å². The Morgan fingerprint density at radius 2 is 1.58 bits per heavy atom. The van der Waals surface area contributed by atoms with Gasteiger partial charge in [0.2, 0.25) is 0 Å². The molecule has 0 saturated carbocycles. The fourth-order valence-electron chi connectivity index (χ4n) is 2.06. The highest BCUT2D eigenvalue weighted by Gasteiger charge is 2.50. The molecule has 0 aliphatic carbocycles. The zero-order valence-corrected chi connectivity index (χ0v) is 13.8. The third-order valence-electron chi connectivity index (χ3n) is 3.93. The molecule has 110 valence electrons. The van der Waals surface area contributed by atoms with Crippen LogP contribution in [0.15, 0.2) is 5.10 Å². The van der Waals surface area contributed by atoms with Gasteiger partial charge in [0.05, 0.1) is 11.2 Å². The van der Waals surface area contributed by atoms with Crippen LogP contribution in [-0.4, -0.2) is 43.1 Å². The maximum absolute atomic E-state index is 6.01. The Morgan fingerprint density at radius 1 is 1.11 bits per heavy atom. The van der Waals surface area contributed by atoms with E-state index in [0.29, 0.717) is 5.92 Å². The van der Waals surface area contributed by atoms with Crippen LogP contribution in [0.1, 0.15) is 48.0 Å². The number of hydrogen-bond acceptors (Lipinski definition) is 4. The molecule has 0 atom stereocenters. The predicted molar refractivity (Wildman–Crippen MR) is 81.5 cm³/mol. The minimum atomic E-state index is -0.242. The molecule has 0 aromatic rings. The summed E-state index contributed by atoms with van der Waals surface area (Å²) in [4.78, 5) is 0. The summed E-state index contributed by atoms with van der Waals surface area (Å²) in [6.45, 7) is 12.7. The summed E-state index contributed by atoms with van der Waals surface area (Å²) in [6, 6.07) is 0. The second-order valence-electron chi connectivity index (χ2n) is 6.82. The number of hydrogen-bond donors (Lipinski definition) is 0. The lowest BCUT2D eigenvalue weighted by molar-refractivity contribution is 0.00578. The lowest BCUT2D eigenvalue weighted by atomic mass is 9.80. The first kappa shape index (κ1) is 16.5. The summed E-state index contributed by atoms with van der Waals surface area (Å²) >= 11 is 0. The van der Waals surface area contributed by atoms with Crippen molar-refractivity contribution in [3.8, 4) is 0 Å². The molecule has 4 nitrogen and oxygen atoms in total. The number of hydrazone groups is 1. The molecule has 19 heavy (non-hydrogen) atoms. The topological polar surface area (TPSA) is 34.1 Å². The van der Waals surface area contributed by atoms with E-state index in [1.54, 1.807) is 0 Å². The monoisotopic (exact) mass is 268 g/mol. The lowest BCUT2D eigenvalue weighted by Crippen LogP contribution is -2.41. The third kappa shape index (κ3) is 4.21. The van der Waals surface area contributed by atoms with Gasteiger partial charge >= 0.3 is 7.12 Å². The van der Waals surface area contributed by atoms with Crippen LogP contribution in [0.5, 0.6) is 0 Å². The zero-order chi connectivity index (χ0) is 14.8. The van der Waals surface area contributed by atoms with Crippen LogP contribution < -0.4 is 0 Å². The summed E-state index contributed by atoms with van der Waals surface area (Å²) in [5.74, 6) is 0.449. The highest BCUT2D eigenvalue weighted by molar-refractivity contribution is 6.45. The van der Waals surface area contributed by atoms with Gasteiger partial charge in [0.1, 0.15) is 0 Å². The zero-order valence-electron chi connectivity index (χ0n) is 13.8. The summed E-state index contributed by atoms with van der Waals surface area (Å²) < 4.78 is 12.0. The molecular formula is C14H29BN2O2. The van der Waals surface area contributed by atoms with Gasteiger partial charge in [0.25, 0.3) is 0 Å². The first-order valence-electron chi connectivity index (χ1n) is 7.15. The van der Waals surface area contributed by atoms with Gasteiger partial charge in [-0.3, -0.25) is 0 Å². The highest BCUT2D eigenvalue weighted by Crippen LogP contribution is 2.38. The highest BCUT2D eigenvalue weighted by atomic mass is 16.7. The van der Waals surface area contributed by atoms with E-state index in [9.17, 15) is 0 Å². The van der Waals surface area contributed by atoms with E-state index in [1.165, 1.54) is 5.71 Å². The minimum absolute atomic E-state index is 0.129. The molecule has 0 aromatic heterocycles. The Labute approximate surface area is 118 Å². The van der Waals surface area contributed by atoms with Crippen LogP contribution in [-0.2, 0) is 9.31 Å². The van der Waals surface area contributed by atoms with Gasteiger partial charge < -0.3 is 14.3 Å². The first-order chi connectivity index (χ1) is 8.55. The van der Waals surface area contributed by atoms with Gasteiger partial charge in [0, 0.05) is 19.8 Å². The van der Waals surface area contributed by atoms with Crippen molar-refractivity contribution in [3.63, 3.8) is 0 Å². The molecule has 0 bridgehead atoms. The molecule has 0 N–H and O–H groups in total. The molecule has 1 fully saturated rings. The Bertz CT molecular complexity index is 322. The van der Waals surface area contributed by atoms with Crippen LogP contribution in [0.4, 0.5) is 0 Å². The Kier molecular flexibility index (Phi) is 5.07. The van der Waals surface area contributed by atoms with Gasteiger partial charge in [-0.2, -0.15) is 5.10 Å². The van der Waals surface area contributed by atoms with Crippen molar-refractivity contribution in [1.82, 2.24) is 5.01 Å². The Balaban J connectivity index is 2.59. The number of rotatable bonds is 5. The average Bonchev–Trinajstić information content (AvgIpc) is 2.41. The summed E-state index contributed by atoms with van der Waals surface area (Å²) in [6.07, 6.45) is 1.77. The van der Waals surface area contributed by atoms with E-state index in [1.807, 2.05) is 19.1 Å². The molecule has 0 amide bonds. The molecule has 1 aliphatic rings. The van der Waals surface area contributed by atoms with Crippen molar-refractivity contribution >= 4 is 12.8 Å². The van der Waals surface area contributed by atoms with E-state index in [2.05, 4.69) is 46.6 Å².